The third-order valence-electron chi connectivity index (χ3n) is 4.27. The van der Waals surface area contributed by atoms with Crippen molar-refractivity contribution >= 4 is 17.8 Å². The normalized spacial score (nSPS) is 16.8. The second kappa shape index (κ2) is 7.75. The number of pyridine rings is 1. The summed E-state index contributed by atoms with van der Waals surface area (Å²) in [5.74, 6) is -2.17. The number of hydrogen-bond acceptors (Lipinski definition) is 5. The molecule has 25 heavy (non-hydrogen) atoms. The lowest BCUT2D eigenvalue weighted by molar-refractivity contribution is -0.145. The topological polar surface area (TPSA) is 115 Å². The van der Waals surface area contributed by atoms with Gasteiger partial charge in [-0.1, -0.05) is 0 Å². The Morgan fingerprint density at radius 1 is 1.44 bits per heavy atom. The maximum absolute atomic E-state index is 12.4. The van der Waals surface area contributed by atoms with E-state index in [4.69, 9.17) is 10.4 Å². The minimum absolute atomic E-state index is 0.147. The fraction of sp³-hybridized carbons (Fsp3) is 0.471. The van der Waals surface area contributed by atoms with Crippen molar-refractivity contribution in [2.75, 3.05) is 26.7 Å². The maximum Gasteiger partial charge on any atom is 0.308 e. The molecule has 2 heterocycles. The van der Waals surface area contributed by atoms with Crippen LogP contribution in [0.2, 0.25) is 0 Å². The Kier molecular flexibility index (Phi) is 5.70. The monoisotopic (exact) mass is 344 g/mol. The van der Waals surface area contributed by atoms with Gasteiger partial charge in [-0.25, -0.2) is 4.98 Å². The number of aryl methyl sites for hydroxylation is 1. The number of carbonyl (C=O) groups is 3. The van der Waals surface area contributed by atoms with Gasteiger partial charge in [0.15, 0.2) is 0 Å². The lowest BCUT2D eigenvalue weighted by Crippen LogP contribution is -2.47. The molecule has 0 bridgehead atoms. The first-order valence-corrected chi connectivity index (χ1v) is 7.97. The Hall–Kier alpha value is -2.95. The maximum atomic E-state index is 12.4. The van der Waals surface area contributed by atoms with Gasteiger partial charge in [0, 0.05) is 20.1 Å². The number of likely N-dealkylation sites (tertiary alicyclic amines) is 1. The molecule has 0 spiro atoms. The zero-order valence-electron chi connectivity index (χ0n) is 14.2. The molecule has 1 atom stereocenters. The molecule has 2 amide bonds. The van der Waals surface area contributed by atoms with E-state index in [0.717, 1.165) is 0 Å². The van der Waals surface area contributed by atoms with Crippen LogP contribution in [0.1, 0.15) is 34.6 Å². The van der Waals surface area contributed by atoms with Crippen LogP contribution in [0, 0.1) is 24.2 Å². The molecule has 0 aliphatic carbocycles. The van der Waals surface area contributed by atoms with Gasteiger partial charge in [-0.05, 0) is 31.9 Å². The predicted molar refractivity (Wildman–Crippen MR) is 87.6 cm³/mol. The summed E-state index contributed by atoms with van der Waals surface area (Å²) in [5, 5.41) is 18.0. The van der Waals surface area contributed by atoms with E-state index in [1.807, 2.05) is 6.07 Å². The van der Waals surface area contributed by atoms with E-state index < -0.39 is 17.8 Å². The summed E-state index contributed by atoms with van der Waals surface area (Å²) >= 11 is 0. The van der Waals surface area contributed by atoms with E-state index in [-0.39, 0.29) is 24.7 Å². The Morgan fingerprint density at radius 2 is 2.16 bits per heavy atom. The van der Waals surface area contributed by atoms with Gasteiger partial charge in [0.2, 0.25) is 5.91 Å². The first-order valence-electron chi connectivity index (χ1n) is 7.97. The van der Waals surface area contributed by atoms with E-state index in [9.17, 15) is 14.4 Å². The Bertz CT molecular complexity index is 741. The second-order valence-corrected chi connectivity index (χ2v) is 6.12. The third kappa shape index (κ3) is 4.32. The summed E-state index contributed by atoms with van der Waals surface area (Å²) in [5.41, 5.74) is 1.01. The number of nitriles is 1. The van der Waals surface area contributed by atoms with Crippen LogP contribution in [0.25, 0.3) is 0 Å². The summed E-state index contributed by atoms with van der Waals surface area (Å²) in [4.78, 5) is 42.7. The highest BCUT2D eigenvalue weighted by molar-refractivity contribution is 5.95. The largest absolute Gasteiger partial charge is 0.481 e. The Morgan fingerprint density at radius 3 is 2.76 bits per heavy atom. The number of aromatic nitrogens is 1. The molecule has 8 nitrogen and oxygen atoms in total. The van der Waals surface area contributed by atoms with E-state index in [1.165, 1.54) is 29.0 Å². The molecule has 0 radical (unpaired) electrons. The van der Waals surface area contributed by atoms with Gasteiger partial charge in [-0.3, -0.25) is 14.4 Å². The molecule has 1 aromatic heterocycles. The van der Waals surface area contributed by atoms with Crippen LogP contribution in [0.15, 0.2) is 12.1 Å². The first kappa shape index (κ1) is 18.4. The van der Waals surface area contributed by atoms with Crippen LogP contribution in [0.3, 0.4) is 0 Å². The van der Waals surface area contributed by atoms with E-state index in [2.05, 4.69) is 4.98 Å². The number of piperidine rings is 1. The van der Waals surface area contributed by atoms with Gasteiger partial charge >= 0.3 is 5.97 Å². The van der Waals surface area contributed by atoms with Crippen LogP contribution >= 0.6 is 0 Å². The highest BCUT2D eigenvalue weighted by Crippen LogP contribution is 2.17. The van der Waals surface area contributed by atoms with Crippen LogP contribution in [-0.2, 0) is 9.59 Å². The zero-order valence-corrected chi connectivity index (χ0v) is 14.2. The predicted octanol–water partition coefficient (Wildman–Crippen LogP) is 0.657. The second-order valence-electron chi connectivity index (χ2n) is 6.12. The Labute approximate surface area is 145 Å². The molecule has 132 valence electrons. The van der Waals surface area contributed by atoms with E-state index >= 15 is 0 Å². The number of carboxylic acids is 1. The van der Waals surface area contributed by atoms with Gasteiger partial charge in [-0.15, -0.1) is 0 Å². The molecule has 8 heteroatoms. The highest BCUT2D eigenvalue weighted by Gasteiger charge is 2.29. The molecule has 1 N–H and O–H groups in total. The summed E-state index contributed by atoms with van der Waals surface area (Å²) in [6.45, 7) is 2.16. The number of amides is 2. The van der Waals surface area contributed by atoms with Crippen LogP contribution < -0.4 is 0 Å². The third-order valence-corrected chi connectivity index (χ3v) is 4.27. The molecule has 1 unspecified atom stereocenters. The van der Waals surface area contributed by atoms with Crippen LogP contribution in [0.4, 0.5) is 0 Å². The summed E-state index contributed by atoms with van der Waals surface area (Å²) < 4.78 is 0. The van der Waals surface area contributed by atoms with Gasteiger partial charge in [-0.2, -0.15) is 5.26 Å². The highest BCUT2D eigenvalue weighted by atomic mass is 16.4. The van der Waals surface area contributed by atoms with Gasteiger partial charge in [0.1, 0.15) is 11.8 Å². The Balaban J connectivity index is 2.01. The van der Waals surface area contributed by atoms with Crippen molar-refractivity contribution in [3.63, 3.8) is 0 Å². The van der Waals surface area contributed by atoms with E-state index in [1.54, 1.807) is 6.92 Å². The molecule has 1 aliphatic heterocycles. The molecular formula is C17H20N4O4. The quantitative estimate of drug-likeness (QED) is 0.858. The number of likely N-dealkylation sites (N-methyl/N-ethyl adjacent to an activating group) is 1. The van der Waals surface area contributed by atoms with Crippen molar-refractivity contribution in [2.45, 2.75) is 19.8 Å². The average Bonchev–Trinajstić information content (AvgIpc) is 2.60. The number of rotatable bonds is 4. The van der Waals surface area contributed by atoms with Crippen molar-refractivity contribution in [1.29, 1.82) is 5.26 Å². The molecule has 1 saturated heterocycles. The fourth-order valence-electron chi connectivity index (χ4n) is 2.77. The fourth-order valence-corrected chi connectivity index (χ4v) is 2.77. The average molecular weight is 344 g/mol. The van der Waals surface area contributed by atoms with Gasteiger partial charge in [0.25, 0.3) is 5.91 Å². The molecule has 1 aliphatic rings. The number of nitrogens with zero attached hydrogens (tertiary/aromatic N) is 4. The smallest absolute Gasteiger partial charge is 0.308 e. The number of aliphatic carboxylic acids is 1. The first-order chi connectivity index (χ1) is 11.8. The number of carboxylic acid groups (broad SMARTS) is 1. The van der Waals surface area contributed by atoms with Gasteiger partial charge < -0.3 is 14.9 Å². The van der Waals surface area contributed by atoms with Crippen molar-refractivity contribution in [3.8, 4) is 6.07 Å². The van der Waals surface area contributed by atoms with Crippen molar-refractivity contribution in [2.24, 2.45) is 5.92 Å². The van der Waals surface area contributed by atoms with E-state index in [0.29, 0.717) is 30.6 Å². The van der Waals surface area contributed by atoms with Crippen molar-refractivity contribution in [1.82, 2.24) is 14.8 Å². The van der Waals surface area contributed by atoms with Crippen molar-refractivity contribution in [3.05, 3.63) is 29.1 Å². The summed E-state index contributed by atoms with van der Waals surface area (Å²) in [6, 6.07) is 4.96. The summed E-state index contributed by atoms with van der Waals surface area (Å²) in [6.07, 6.45) is 1.19. The van der Waals surface area contributed by atoms with Crippen molar-refractivity contribution < 1.29 is 19.5 Å². The minimum Gasteiger partial charge on any atom is -0.481 e. The molecule has 0 aromatic carbocycles. The lowest BCUT2D eigenvalue weighted by atomic mass is 9.98. The molecule has 0 saturated carbocycles. The molecular weight excluding hydrogens is 324 g/mol. The van der Waals surface area contributed by atoms with Crippen LogP contribution in [-0.4, -0.2) is 64.4 Å². The standard InChI is InChI=1S/C17H20N4O4/c1-11-12(8-18)5-6-14(19-11)16(23)20(2)10-15(22)21-7-3-4-13(9-21)17(24)25/h5-6,13H,3-4,7,9-10H2,1-2H3,(H,24,25). The summed E-state index contributed by atoms with van der Waals surface area (Å²) in [7, 11) is 1.49. The zero-order chi connectivity index (χ0) is 18.6. The van der Waals surface area contributed by atoms with Gasteiger partial charge in [0.05, 0.1) is 23.7 Å². The molecule has 1 aromatic rings. The minimum atomic E-state index is -0.904. The number of hydrogen-bond donors (Lipinski definition) is 1. The number of carbonyl (C=O) groups excluding carboxylic acids is 2. The lowest BCUT2D eigenvalue weighted by Gasteiger charge is -2.32. The van der Waals surface area contributed by atoms with Crippen LogP contribution in [0.5, 0.6) is 0 Å². The molecule has 2 rings (SSSR count). The molecule has 1 fully saturated rings. The SMILES string of the molecule is Cc1nc(C(=O)N(C)CC(=O)N2CCCC(C(=O)O)C2)ccc1C#N.